The van der Waals surface area contributed by atoms with Crippen molar-refractivity contribution in [1.29, 1.82) is 0 Å². The van der Waals surface area contributed by atoms with Crippen molar-refractivity contribution in [1.82, 2.24) is 15.4 Å². The van der Waals surface area contributed by atoms with E-state index < -0.39 is 5.91 Å². The summed E-state index contributed by atoms with van der Waals surface area (Å²) in [4.78, 5) is 19.5. The van der Waals surface area contributed by atoms with Gasteiger partial charge in [0.05, 0.1) is 27.3 Å². The molecule has 4 aromatic rings. The molecule has 0 saturated heterocycles. The molecule has 29 heavy (non-hydrogen) atoms. The van der Waals surface area contributed by atoms with Crippen LogP contribution in [0.1, 0.15) is 16.1 Å². The van der Waals surface area contributed by atoms with Gasteiger partial charge < -0.3 is 19.2 Å². The van der Waals surface area contributed by atoms with Gasteiger partial charge in [0.15, 0.2) is 5.76 Å². The molecule has 0 unspecified atom stereocenters. The first-order valence-electron chi connectivity index (χ1n) is 8.23. The molecule has 0 aliphatic rings. The summed E-state index contributed by atoms with van der Waals surface area (Å²) in [6, 6.07) is 14.2. The summed E-state index contributed by atoms with van der Waals surface area (Å²) in [5, 5.41) is 13.8. The lowest BCUT2D eigenvalue weighted by Gasteiger charge is -2.05. The number of nitrogens with one attached hydrogen (secondary N) is 2. The van der Waals surface area contributed by atoms with Crippen LogP contribution in [0.25, 0.3) is 11.0 Å². The number of nitrogens with zero attached hydrogens (tertiary/aromatic N) is 2. The van der Waals surface area contributed by atoms with Crippen LogP contribution in [0.15, 0.2) is 67.0 Å². The van der Waals surface area contributed by atoms with Gasteiger partial charge in [0, 0.05) is 10.5 Å². The molecule has 0 fully saturated rings. The van der Waals surface area contributed by atoms with Crippen LogP contribution in [0.5, 0.6) is 17.7 Å². The first kappa shape index (κ1) is 19.2. The van der Waals surface area contributed by atoms with E-state index in [-0.39, 0.29) is 17.3 Å². The topological polar surface area (TPSA) is 113 Å². The summed E-state index contributed by atoms with van der Waals surface area (Å²) < 4.78 is 12.1. The monoisotopic (exact) mass is 518 g/mol. The quantitative estimate of drug-likeness (QED) is 0.255. The van der Waals surface area contributed by atoms with Gasteiger partial charge in [-0.2, -0.15) is 10.1 Å². The average Bonchev–Trinajstić information content (AvgIpc) is 3.30. The van der Waals surface area contributed by atoms with Crippen molar-refractivity contribution >= 4 is 55.0 Å². The summed E-state index contributed by atoms with van der Waals surface area (Å²) in [5.74, 6) is -0.187. The number of H-pyrrole nitrogens is 1. The van der Waals surface area contributed by atoms with E-state index in [0.29, 0.717) is 20.7 Å². The number of hydrogen-bond acceptors (Lipinski definition) is 6. The number of ether oxygens (including phenoxy) is 1. The number of hydrogen-bond donors (Lipinski definition) is 3. The number of aromatic amines is 1. The predicted molar refractivity (Wildman–Crippen MR) is 113 cm³/mol. The zero-order chi connectivity index (χ0) is 20.4. The summed E-state index contributed by atoms with van der Waals surface area (Å²) in [5.41, 5.74) is 4.02. The number of halogens is 2. The second kappa shape index (κ2) is 8.10. The molecule has 0 saturated carbocycles. The minimum atomic E-state index is -0.578. The molecule has 1 amide bonds. The van der Waals surface area contributed by atoms with E-state index in [1.807, 2.05) is 24.3 Å². The lowest BCUT2D eigenvalue weighted by atomic mass is 10.2. The number of furan rings is 1. The fraction of sp³-hybridized carbons (Fsp3) is 0. The molecule has 8 nitrogen and oxygen atoms in total. The Labute approximate surface area is 180 Å². The molecule has 0 spiro atoms. The largest absolute Gasteiger partial charge is 0.506 e. The zero-order valence-electron chi connectivity index (χ0n) is 14.5. The molecule has 0 aliphatic carbocycles. The molecule has 2 heterocycles. The Kier molecular flexibility index (Phi) is 5.36. The maximum Gasteiger partial charge on any atom is 0.302 e. The van der Waals surface area contributed by atoms with Gasteiger partial charge in [0.2, 0.25) is 0 Å². The molecule has 3 N–H and O–H groups in total. The molecule has 4 rings (SSSR count). The number of fused-ring (bicyclic) bond motifs is 1. The van der Waals surface area contributed by atoms with Crippen molar-refractivity contribution in [3.05, 3.63) is 68.8 Å². The zero-order valence-corrected chi connectivity index (χ0v) is 17.7. The summed E-state index contributed by atoms with van der Waals surface area (Å²) in [7, 11) is 0. The number of carbonyl (C=O) groups excluding carboxylic acids is 1. The van der Waals surface area contributed by atoms with Crippen LogP contribution in [0, 0.1) is 0 Å². The molecule has 2 aromatic carbocycles. The number of benzene rings is 2. The molecule has 0 radical (unpaired) electrons. The predicted octanol–water partition coefficient (Wildman–Crippen LogP) is 4.94. The Morgan fingerprint density at radius 3 is 2.90 bits per heavy atom. The highest BCUT2D eigenvalue weighted by molar-refractivity contribution is 9.11. The smallest absolute Gasteiger partial charge is 0.302 e. The summed E-state index contributed by atoms with van der Waals surface area (Å²) in [6.07, 6.45) is 1.31. The number of aromatic hydroxyl groups is 1. The molecule has 2 aromatic heterocycles. The molecular formula is C19H12Br2N4O4. The van der Waals surface area contributed by atoms with E-state index in [4.69, 9.17) is 9.15 Å². The summed E-state index contributed by atoms with van der Waals surface area (Å²) in [6.45, 7) is 0. The maximum absolute atomic E-state index is 12.2. The van der Waals surface area contributed by atoms with Crippen molar-refractivity contribution in [2.75, 3.05) is 0 Å². The SMILES string of the molecule is O=C(N/N=C\c1ccc(Oc2nc3ccccc3[nH]2)o1)c1cc(Br)cc(Br)c1O. The molecule has 10 heteroatoms. The van der Waals surface area contributed by atoms with Gasteiger partial charge in [-0.25, -0.2) is 5.43 Å². The third-order valence-corrected chi connectivity index (χ3v) is 4.86. The minimum Gasteiger partial charge on any atom is -0.506 e. The van der Waals surface area contributed by atoms with Crippen LogP contribution in [0.3, 0.4) is 0 Å². The number of carbonyl (C=O) groups is 1. The van der Waals surface area contributed by atoms with E-state index in [1.165, 1.54) is 12.3 Å². The molecule has 0 aliphatic heterocycles. The maximum atomic E-state index is 12.2. The van der Waals surface area contributed by atoms with Crippen LogP contribution in [0.4, 0.5) is 0 Å². The molecule has 0 bridgehead atoms. The standard InChI is InChI=1S/C19H12Br2N4O4/c20-10-7-12(17(26)13(21)8-10)18(27)25-22-9-11-5-6-16(28-11)29-19-23-14-3-1-2-4-15(14)24-19/h1-9,26H,(H,23,24)(H,25,27)/b22-9-. The first-order valence-corrected chi connectivity index (χ1v) is 9.82. The van der Waals surface area contributed by atoms with Crippen LogP contribution in [0.2, 0.25) is 0 Å². The lowest BCUT2D eigenvalue weighted by molar-refractivity contribution is 0.0952. The number of hydrazone groups is 1. The van der Waals surface area contributed by atoms with Gasteiger partial charge in [-0.05, 0) is 46.3 Å². The minimum absolute atomic E-state index is 0.0664. The van der Waals surface area contributed by atoms with Gasteiger partial charge in [0.25, 0.3) is 11.9 Å². The Hall–Kier alpha value is -3.11. The first-order chi connectivity index (χ1) is 14.0. The molecule has 0 atom stereocenters. The number of imidazole rings is 1. The average molecular weight is 520 g/mol. The number of phenols is 1. The number of para-hydroxylation sites is 2. The van der Waals surface area contributed by atoms with Gasteiger partial charge in [-0.3, -0.25) is 4.79 Å². The highest BCUT2D eigenvalue weighted by atomic mass is 79.9. The third kappa shape index (κ3) is 4.33. The van der Waals surface area contributed by atoms with E-state index in [2.05, 4.69) is 52.4 Å². The van der Waals surface area contributed by atoms with E-state index >= 15 is 0 Å². The van der Waals surface area contributed by atoms with Gasteiger partial charge in [-0.15, -0.1) is 0 Å². The Morgan fingerprint density at radius 1 is 1.24 bits per heavy atom. The van der Waals surface area contributed by atoms with E-state index in [0.717, 1.165) is 11.0 Å². The van der Waals surface area contributed by atoms with Crippen molar-refractivity contribution < 1.29 is 19.1 Å². The molecular weight excluding hydrogens is 508 g/mol. The highest BCUT2D eigenvalue weighted by Gasteiger charge is 2.14. The molecule has 146 valence electrons. The van der Waals surface area contributed by atoms with Crippen LogP contribution in [-0.2, 0) is 0 Å². The van der Waals surface area contributed by atoms with E-state index in [9.17, 15) is 9.90 Å². The van der Waals surface area contributed by atoms with E-state index in [1.54, 1.807) is 18.2 Å². The number of aromatic nitrogens is 2. The Bertz CT molecular complexity index is 1200. The highest BCUT2D eigenvalue weighted by Crippen LogP contribution is 2.31. The number of rotatable bonds is 5. The third-order valence-electron chi connectivity index (χ3n) is 3.80. The van der Waals surface area contributed by atoms with Crippen molar-refractivity contribution in [2.45, 2.75) is 0 Å². The van der Waals surface area contributed by atoms with Gasteiger partial charge in [-0.1, -0.05) is 28.1 Å². The Balaban J connectivity index is 1.41. The van der Waals surface area contributed by atoms with Crippen LogP contribution >= 0.6 is 31.9 Å². The second-order valence-corrected chi connectivity index (χ2v) is 7.57. The summed E-state index contributed by atoms with van der Waals surface area (Å²) >= 11 is 6.44. The van der Waals surface area contributed by atoms with Gasteiger partial charge in [0.1, 0.15) is 5.75 Å². The fourth-order valence-electron chi connectivity index (χ4n) is 2.49. The van der Waals surface area contributed by atoms with Crippen LogP contribution < -0.4 is 10.2 Å². The van der Waals surface area contributed by atoms with Crippen LogP contribution in [-0.4, -0.2) is 27.2 Å². The second-order valence-electron chi connectivity index (χ2n) is 5.80. The van der Waals surface area contributed by atoms with Crippen molar-refractivity contribution in [3.8, 4) is 17.7 Å². The number of phenolic OH excluding ortho intramolecular Hbond substituents is 1. The van der Waals surface area contributed by atoms with Crippen molar-refractivity contribution in [2.24, 2.45) is 5.10 Å². The van der Waals surface area contributed by atoms with Crippen molar-refractivity contribution in [3.63, 3.8) is 0 Å². The normalized spacial score (nSPS) is 11.2. The Morgan fingerprint density at radius 2 is 2.07 bits per heavy atom. The number of amides is 1. The lowest BCUT2D eigenvalue weighted by Crippen LogP contribution is -2.17. The van der Waals surface area contributed by atoms with Gasteiger partial charge >= 0.3 is 6.01 Å². The fourth-order valence-corrected chi connectivity index (χ4v) is 3.71.